The van der Waals surface area contributed by atoms with Crippen molar-refractivity contribution in [3.8, 4) is 0 Å². The summed E-state index contributed by atoms with van der Waals surface area (Å²) in [4.78, 5) is 4.72. The van der Waals surface area contributed by atoms with E-state index >= 15 is 0 Å². The third-order valence-corrected chi connectivity index (χ3v) is 4.43. The second-order valence-corrected chi connectivity index (χ2v) is 6.71. The summed E-state index contributed by atoms with van der Waals surface area (Å²) in [5, 5.41) is 0.588. The van der Waals surface area contributed by atoms with E-state index in [2.05, 4.69) is 24.5 Å². The van der Waals surface area contributed by atoms with Gasteiger partial charge in [-0.05, 0) is 31.9 Å². The number of alkyl halides is 1. The molecule has 0 aliphatic heterocycles. The minimum atomic E-state index is -0.116. The molecule has 2 nitrogen and oxygen atoms in total. The van der Waals surface area contributed by atoms with Crippen LogP contribution in [0.2, 0.25) is 5.02 Å². The molecule has 2 rings (SSSR count). The van der Waals surface area contributed by atoms with E-state index in [1.807, 2.05) is 19.1 Å². The van der Waals surface area contributed by atoms with Gasteiger partial charge in [0, 0.05) is 6.04 Å². The van der Waals surface area contributed by atoms with Crippen molar-refractivity contribution in [3.63, 3.8) is 0 Å². The van der Waals surface area contributed by atoms with Crippen molar-refractivity contribution in [2.75, 3.05) is 0 Å². The molecule has 0 aliphatic rings. The van der Waals surface area contributed by atoms with Crippen molar-refractivity contribution in [1.29, 1.82) is 0 Å². The van der Waals surface area contributed by atoms with Gasteiger partial charge in [0.25, 0.3) is 0 Å². The van der Waals surface area contributed by atoms with Gasteiger partial charge in [0.1, 0.15) is 11.3 Å². The molecule has 116 valence electrons. The fourth-order valence-corrected chi connectivity index (χ4v) is 3.31. The molecule has 0 N–H and O–H groups in total. The number of rotatable bonds is 7. The molecule has 0 bridgehead atoms. The molecular weight excluding hydrogens is 303 g/mol. The van der Waals surface area contributed by atoms with Crippen LogP contribution in [-0.2, 0) is 0 Å². The summed E-state index contributed by atoms with van der Waals surface area (Å²) in [6, 6.07) is 6.44. The van der Waals surface area contributed by atoms with E-state index in [1.165, 1.54) is 19.3 Å². The van der Waals surface area contributed by atoms with Crippen molar-refractivity contribution < 1.29 is 0 Å². The molecule has 0 aliphatic carbocycles. The second-order valence-electron chi connectivity index (χ2n) is 5.65. The van der Waals surface area contributed by atoms with E-state index in [9.17, 15) is 0 Å². The van der Waals surface area contributed by atoms with Crippen LogP contribution in [0, 0.1) is 0 Å². The Morgan fingerprint density at radius 3 is 2.57 bits per heavy atom. The molecule has 1 aromatic heterocycles. The lowest BCUT2D eigenvalue weighted by atomic mass is 10.0. The van der Waals surface area contributed by atoms with Gasteiger partial charge >= 0.3 is 0 Å². The predicted octanol–water partition coefficient (Wildman–Crippen LogP) is 6.52. The van der Waals surface area contributed by atoms with Gasteiger partial charge in [0.2, 0.25) is 0 Å². The topological polar surface area (TPSA) is 17.8 Å². The molecule has 2 unspecified atom stereocenters. The molecule has 0 amide bonds. The molecule has 0 saturated carbocycles. The van der Waals surface area contributed by atoms with Crippen molar-refractivity contribution in [2.45, 2.75) is 64.3 Å². The van der Waals surface area contributed by atoms with E-state index in [0.29, 0.717) is 11.1 Å². The maximum absolute atomic E-state index is 6.38. The Kier molecular flexibility index (Phi) is 5.95. The van der Waals surface area contributed by atoms with Gasteiger partial charge < -0.3 is 4.57 Å². The third kappa shape index (κ3) is 3.54. The van der Waals surface area contributed by atoms with Crippen LogP contribution in [0.15, 0.2) is 18.2 Å². The maximum Gasteiger partial charge on any atom is 0.128 e. The summed E-state index contributed by atoms with van der Waals surface area (Å²) in [5.41, 5.74) is 1.99. The average Bonchev–Trinajstić information content (AvgIpc) is 2.84. The van der Waals surface area contributed by atoms with Crippen LogP contribution in [0.5, 0.6) is 0 Å². The van der Waals surface area contributed by atoms with Crippen LogP contribution >= 0.6 is 23.2 Å². The van der Waals surface area contributed by atoms with Crippen LogP contribution < -0.4 is 0 Å². The number of aromatic nitrogens is 2. The van der Waals surface area contributed by atoms with E-state index in [4.69, 9.17) is 28.2 Å². The monoisotopic (exact) mass is 326 g/mol. The molecule has 21 heavy (non-hydrogen) atoms. The number of hydrogen-bond donors (Lipinski definition) is 0. The smallest absolute Gasteiger partial charge is 0.128 e. The molecule has 0 saturated heterocycles. The molecule has 1 aromatic carbocycles. The van der Waals surface area contributed by atoms with Gasteiger partial charge in [-0.15, -0.1) is 11.6 Å². The highest BCUT2D eigenvalue weighted by molar-refractivity contribution is 6.35. The number of benzene rings is 1. The molecule has 0 fully saturated rings. The zero-order valence-electron chi connectivity index (χ0n) is 13.1. The van der Waals surface area contributed by atoms with Crippen molar-refractivity contribution >= 4 is 34.2 Å². The van der Waals surface area contributed by atoms with Crippen LogP contribution in [0.25, 0.3) is 11.0 Å². The molecule has 0 radical (unpaired) electrons. The molecule has 0 spiro atoms. The van der Waals surface area contributed by atoms with Gasteiger partial charge in [-0.1, -0.05) is 50.8 Å². The number of fused-ring (bicyclic) bond motifs is 1. The Morgan fingerprint density at radius 1 is 1.19 bits per heavy atom. The highest BCUT2D eigenvalue weighted by atomic mass is 35.5. The summed E-state index contributed by atoms with van der Waals surface area (Å²) >= 11 is 12.7. The van der Waals surface area contributed by atoms with Crippen LogP contribution in [0.1, 0.15) is 70.1 Å². The van der Waals surface area contributed by atoms with Crippen molar-refractivity contribution in [3.05, 3.63) is 29.0 Å². The quantitative estimate of drug-likeness (QED) is 0.529. The zero-order valence-corrected chi connectivity index (χ0v) is 14.6. The van der Waals surface area contributed by atoms with E-state index < -0.39 is 0 Å². The first-order valence-electron chi connectivity index (χ1n) is 7.90. The number of imidazole rings is 1. The summed E-state index contributed by atoms with van der Waals surface area (Å²) in [6.45, 7) is 6.45. The molecule has 2 aromatic rings. The Morgan fingerprint density at radius 2 is 1.95 bits per heavy atom. The maximum atomic E-state index is 6.38. The molecule has 1 heterocycles. The summed E-state index contributed by atoms with van der Waals surface area (Å²) in [7, 11) is 0. The average molecular weight is 327 g/mol. The van der Waals surface area contributed by atoms with Gasteiger partial charge in [-0.25, -0.2) is 4.98 Å². The third-order valence-electron chi connectivity index (χ3n) is 3.93. The van der Waals surface area contributed by atoms with Crippen molar-refractivity contribution in [1.82, 2.24) is 9.55 Å². The van der Waals surface area contributed by atoms with Crippen LogP contribution in [-0.4, -0.2) is 9.55 Å². The SMILES string of the molecule is CCCCC(CCC)n1c(C(C)Cl)nc2c(Cl)cccc21. The zero-order chi connectivity index (χ0) is 15.4. The van der Waals surface area contributed by atoms with Crippen LogP contribution in [0.3, 0.4) is 0 Å². The number of nitrogens with zero attached hydrogens (tertiary/aromatic N) is 2. The van der Waals surface area contributed by atoms with Gasteiger partial charge in [0.15, 0.2) is 0 Å². The van der Waals surface area contributed by atoms with Crippen molar-refractivity contribution in [2.24, 2.45) is 0 Å². The van der Waals surface area contributed by atoms with Crippen LogP contribution in [0.4, 0.5) is 0 Å². The van der Waals surface area contributed by atoms with E-state index in [0.717, 1.165) is 29.7 Å². The van der Waals surface area contributed by atoms with Gasteiger partial charge in [-0.2, -0.15) is 0 Å². The Hall–Kier alpha value is -0.730. The normalized spacial score (nSPS) is 14.5. The summed E-state index contributed by atoms with van der Waals surface area (Å²) in [6.07, 6.45) is 5.90. The first-order valence-corrected chi connectivity index (χ1v) is 8.71. The molecule has 4 heteroatoms. The van der Waals surface area contributed by atoms with E-state index in [-0.39, 0.29) is 5.38 Å². The number of halogens is 2. The first-order chi connectivity index (χ1) is 10.1. The highest BCUT2D eigenvalue weighted by Crippen LogP contribution is 2.34. The molecule has 2 atom stereocenters. The van der Waals surface area contributed by atoms with Gasteiger partial charge in [-0.3, -0.25) is 0 Å². The second kappa shape index (κ2) is 7.51. The number of unbranched alkanes of at least 4 members (excludes halogenated alkanes) is 1. The highest BCUT2D eigenvalue weighted by Gasteiger charge is 2.22. The summed E-state index contributed by atoms with van der Waals surface area (Å²) < 4.78 is 2.33. The summed E-state index contributed by atoms with van der Waals surface area (Å²) in [5.74, 6) is 0.939. The Bertz CT molecular complexity index is 590. The van der Waals surface area contributed by atoms with E-state index in [1.54, 1.807) is 0 Å². The first kappa shape index (κ1) is 16.6. The predicted molar refractivity (Wildman–Crippen MR) is 92.5 cm³/mol. The standard InChI is InChI=1S/C17H24Cl2N2/c1-4-6-9-13(8-5-2)21-15-11-7-10-14(19)16(15)20-17(21)12(3)18/h7,10-13H,4-6,8-9H2,1-3H3. The minimum absolute atomic E-state index is 0.116. The lowest BCUT2D eigenvalue weighted by Crippen LogP contribution is -2.13. The fourth-order valence-electron chi connectivity index (χ4n) is 2.94. The number of para-hydroxylation sites is 1. The van der Waals surface area contributed by atoms with Gasteiger partial charge in [0.05, 0.1) is 15.9 Å². The Balaban J connectivity index is 2.57. The largest absolute Gasteiger partial charge is 0.324 e. The number of hydrogen-bond acceptors (Lipinski definition) is 1. The Labute approximate surface area is 137 Å². The lowest BCUT2D eigenvalue weighted by molar-refractivity contribution is 0.414. The molecular formula is C17H24Cl2N2. The fraction of sp³-hybridized carbons (Fsp3) is 0.588. The minimum Gasteiger partial charge on any atom is -0.324 e. The lowest BCUT2D eigenvalue weighted by Gasteiger charge is -2.22.